The Morgan fingerprint density at radius 1 is 1.26 bits per heavy atom. The van der Waals surface area contributed by atoms with Gasteiger partial charge in [0.15, 0.2) is 0 Å². The number of imidazole rings is 1. The molecule has 138 valence electrons. The maximum atomic E-state index is 12.7. The molecule has 4 rings (SSSR count). The number of benzene rings is 2. The first kappa shape index (κ1) is 17.3. The molecular weight excluding hydrogens is 340 g/mol. The van der Waals surface area contributed by atoms with Crippen molar-refractivity contribution < 1.29 is 9.53 Å². The fraction of sp³-hybridized carbons (Fsp3) is 0.238. The molecule has 0 spiro atoms. The van der Waals surface area contributed by atoms with Crippen LogP contribution in [0.3, 0.4) is 0 Å². The van der Waals surface area contributed by atoms with Crippen LogP contribution in [-0.2, 0) is 11.3 Å². The molecule has 4 aromatic rings. The van der Waals surface area contributed by atoms with Gasteiger partial charge in [0.25, 0.3) is 5.91 Å². The molecule has 0 bridgehead atoms. The molecular formula is C21H22N4O2. The number of methoxy groups -OCH3 is 1. The average molecular weight is 362 g/mol. The number of nitrogens with zero attached hydrogens (tertiary/aromatic N) is 2. The van der Waals surface area contributed by atoms with Crippen LogP contribution in [0, 0.1) is 0 Å². The van der Waals surface area contributed by atoms with Gasteiger partial charge < -0.3 is 19.6 Å². The number of hydrogen-bond donors (Lipinski definition) is 2. The molecule has 0 aliphatic rings. The Morgan fingerprint density at radius 3 is 2.93 bits per heavy atom. The number of amides is 1. The fourth-order valence-corrected chi connectivity index (χ4v) is 3.24. The number of H-pyrrole nitrogens is 1. The SMILES string of the molecule is COCCn1ccc2ccc(C(=O)N[C@H](C)c3nc4ccccc4[nH]3)cc21. The summed E-state index contributed by atoms with van der Waals surface area (Å²) in [6.07, 6.45) is 2.02. The van der Waals surface area contributed by atoms with Gasteiger partial charge in [-0.15, -0.1) is 0 Å². The van der Waals surface area contributed by atoms with Gasteiger partial charge in [0.05, 0.1) is 23.7 Å². The summed E-state index contributed by atoms with van der Waals surface area (Å²) in [7, 11) is 1.68. The van der Waals surface area contributed by atoms with Gasteiger partial charge in [-0.25, -0.2) is 4.98 Å². The summed E-state index contributed by atoms with van der Waals surface area (Å²) >= 11 is 0. The molecule has 0 saturated carbocycles. The number of nitrogens with one attached hydrogen (secondary N) is 2. The highest BCUT2D eigenvalue weighted by Crippen LogP contribution is 2.19. The highest BCUT2D eigenvalue weighted by Gasteiger charge is 2.15. The van der Waals surface area contributed by atoms with Crippen molar-refractivity contribution >= 4 is 27.8 Å². The molecule has 6 nitrogen and oxygen atoms in total. The zero-order valence-corrected chi connectivity index (χ0v) is 15.4. The number of ether oxygens (including phenoxy) is 1. The Hall–Kier alpha value is -3.12. The summed E-state index contributed by atoms with van der Waals surface area (Å²) in [4.78, 5) is 20.6. The summed E-state index contributed by atoms with van der Waals surface area (Å²) in [6, 6.07) is 15.4. The molecule has 27 heavy (non-hydrogen) atoms. The van der Waals surface area contributed by atoms with E-state index >= 15 is 0 Å². The highest BCUT2D eigenvalue weighted by molar-refractivity contribution is 5.98. The number of aromatic nitrogens is 3. The lowest BCUT2D eigenvalue weighted by molar-refractivity contribution is 0.0938. The predicted octanol–water partition coefficient (Wildman–Crippen LogP) is 3.66. The van der Waals surface area contributed by atoms with Gasteiger partial charge in [-0.3, -0.25) is 4.79 Å². The summed E-state index contributed by atoms with van der Waals surface area (Å²) in [6.45, 7) is 3.30. The third-order valence-electron chi connectivity index (χ3n) is 4.74. The van der Waals surface area contributed by atoms with E-state index in [4.69, 9.17) is 4.74 Å². The molecule has 2 aromatic carbocycles. The van der Waals surface area contributed by atoms with Gasteiger partial charge in [0.1, 0.15) is 5.82 Å². The highest BCUT2D eigenvalue weighted by atomic mass is 16.5. The maximum absolute atomic E-state index is 12.7. The van der Waals surface area contributed by atoms with Gasteiger partial charge in [-0.1, -0.05) is 18.2 Å². The van der Waals surface area contributed by atoms with Crippen LogP contribution in [0.25, 0.3) is 21.9 Å². The third kappa shape index (κ3) is 3.44. The summed E-state index contributed by atoms with van der Waals surface area (Å²) in [5.74, 6) is 0.624. The van der Waals surface area contributed by atoms with Crippen LogP contribution in [0.4, 0.5) is 0 Å². The largest absolute Gasteiger partial charge is 0.383 e. The number of hydrogen-bond acceptors (Lipinski definition) is 3. The van der Waals surface area contributed by atoms with Crippen LogP contribution in [0.15, 0.2) is 54.7 Å². The lowest BCUT2D eigenvalue weighted by Crippen LogP contribution is -2.27. The number of carbonyl (C=O) groups excluding carboxylic acids is 1. The molecule has 0 unspecified atom stereocenters. The van der Waals surface area contributed by atoms with Gasteiger partial charge in [-0.05, 0) is 42.6 Å². The first-order valence-electron chi connectivity index (χ1n) is 8.99. The Bertz CT molecular complexity index is 1060. The van der Waals surface area contributed by atoms with E-state index in [1.165, 1.54) is 0 Å². The van der Waals surface area contributed by atoms with Crippen molar-refractivity contribution in [1.82, 2.24) is 19.9 Å². The van der Waals surface area contributed by atoms with Crippen LogP contribution in [0.1, 0.15) is 29.1 Å². The minimum Gasteiger partial charge on any atom is -0.383 e. The zero-order valence-electron chi connectivity index (χ0n) is 15.4. The van der Waals surface area contributed by atoms with Crippen LogP contribution in [-0.4, -0.2) is 34.2 Å². The number of para-hydroxylation sites is 2. The van der Waals surface area contributed by atoms with Crippen molar-refractivity contribution in [2.75, 3.05) is 13.7 Å². The third-order valence-corrected chi connectivity index (χ3v) is 4.74. The van der Waals surface area contributed by atoms with E-state index in [0.717, 1.165) is 34.3 Å². The van der Waals surface area contributed by atoms with Crippen LogP contribution < -0.4 is 5.32 Å². The van der Waals surface area contributed by atoms with E-state index in [2.05, 4.69) is 19.9 Å². The summed E-state index contributed by atoms with van der Waals surface area (Å²) in [5.41, 5.74) is 3.51. The lowest BCUT2D eigenvalue weighted by atomic mass is 10.1. The van der Waals surface area contributed by atoms with Crippen LogP contribution in [0.5, 0.6) is 0 Å². The van der Waals surface area contributed by atoms with Gasteiger partial charge in [0, 0.05) is 30.9 Å². The van der Waals surface area contributed by atoms with Crippen molar-refractivity contribution in [2.45, 2.75) is 19.5 Å². The first-order valence-corrected chi connectivity index (χ1v) is 8.99. The molecule has 6 heteroatoms. The van der Waals surface area contributed by atoms with E-state index in [1.807, 2.05) is 61.7 Å². The molecule has 2 N–H and O–H groups in total. The fourth-order valence-electron chi connectivity index (χ4n) is 3.24. The van der Waals surface area contributed by atoms with E-state index in [0.29, 0.717) is 12.2 Å². The van der Waals surface area contributed by atoms with Gasteiger partial charge in [0.2, 0.25) is 0 Å². The summed E-state index contributed by atoms with van der Waals surface area (Å²) in [5, 5.41) is 4.13. The normalized spacial score (nSPS) is 12.5. The second-order valence-corrected chi connectivity index (χ2v) is 6.61. The van der Waals surface area contributed by atoms with Crippen molar-refractivity contribution in [3.8, 4) is 0 Å². The molecule has 1 amide bonds. The van der Waals surface area contributed by atoms with Gasteiger partial charge in [-0.2, -0.15) is 0 Å². The monoisotopic (exact) mass is 362 g/mol. The Morgan fingerprint density at radius 2 is 2.11 bits per heavy atom. The molecule has 0 aliphatic carbocycles. The van der Waals surface area contributed by atoms with Crippen molar-refractivity contribution in [3.05, 3.63) is 66.1 Å². The molecule has 0 saturated heterocycles. The quantitative estimate of drug-likeness (QED) is 0.550. The number of rotatable bonds is 6. The summed E-state index contributed by atoms with van der Waals surface area (Å²) < 4.78 is 7.25. The Labute approximate surface area is 157 Å². The smallest absolute Gasteiger partial charge is 0.251 e. The van der Waals surface area contributed by atoms with Crippen LogP contribution in [0.2, 0.25) is 0 Å². The Balaban J connectivity index is 1.54. The standard InChI is InChI=1S/C21H22N4O2/c1-14(20-23-17-5-3-4-6-18(17)24-20)22-21(26)16-8-7-15-9-10-25(11-12-27-2)19(15)13-16/h3-10,13-14H,11-12H2,1-2H3,(H,22,26)(H,23,24)/t14-/m1/s1. The van der Waals surface area contributed by atoms with Crippen molar-refractivity contribution in [1.29, 1.82) is 0 Å². The van der Waals surface area contributed by atoms with E-state index in [9.17, 15) is 4.79 Å². The molecule has 0 fully saturated rings. The predicted molar refractivity (Wildman–Crippen MR) is 106 cm³/mol. The lowest BCUT2D eigenvalue weighted by Gasteiger charge is -2.12. The minimum absolute atomic E-state index is 0.121. The van der Waals surface area contributed by atoms with E-state index < -0.39 is 0 Å². The molecule has 2 heterocycles. The number of aromatic amines is 1. The first-order chi connectivity index (χ1) is 13.2. The number of fused-ring (bicyclic) bond motifs is 2. The molecule has 1 atom stereocenters. The van der Waals surface area contributed by atoms with E-state index in [1.54, 1.807) is 7.11 Å². The van der Waals surface area contributed by atoms with E-state index in [-0.39, 0.29) is 11.9 Å². The van der Waals surface area contributed by atoms with Crippen LogP contribution >= 0.6 is 0 Å². The molecule has 2 aromatic heterocycles. The average Bonchev–Trinajstić information content (AvgIpc) is 3.29. The Kier molecular flexibility index (Phi) is 4.64. The molecule has 0 aliphatic heterocycles. The van der Waals surface area contributed by atoms with Gasteiger partial charge >= 0.3 is 0 Å². The zero-order chi connectivity index (χ0) is 18.8. The molecule has 0 radical (unpaired) electrons. The number of carbonyl (C=O) groups is 1. The second-order valence-electron chi connectivity index (χ2n) is 6.61. The topological polar surface area (TPSA) is 71.9 Å². The minimum atomic E-state index is -0.221. The second kappa shape index (κ2) is 7.25. The van der Waals surface area contributed by atoms with Crippen molar-refractivity contribution in [2.24, 2.45) is 0 Å². The maximum Gasteiger partial charge on any atom is 0.251 e. The van der Waals surface area contributed by atoms with Crippen molar-refractivity contribution in [3.63, 3.8) is 0 Å².